The van der Waals surface area contributed by atoms with Crippen molar-refractivity contribution in [3.05, 3.63) is 65.7 Å². The minimum absolute atomic E-state index is 0.113. The van der Waals surface area contributed by atoms with Gasteiger partial charge >= 0.3 is 0 Å². The molecule has 3 aromatic heterocycles. The molecular weight excluding hydrogens is 536 g/mol. The van der Waals surface area contributed by atoms with Gasteiger partial charge in [-0.15, -0.1) is 10.2 Å². The van der Waals surface area contributed by atoms with Gasteiger partial charge in [-0.3, -0.25) is 14.3 Å². The number of nitrogens with one attached hydrogen (secondary N) is 3. The predicted octanol–water partition coefficient (Wildman–Crippen LogP) is 1.73. The number of aryl methyl sites for hydroxylation is 2. The number of aliphatic hydroxyl groups excluding tert-OH is 2. The van der Waals surface area contributed by atoms with Crippen LogP contribution in [0.4, 0.5) is 17.6 Å². The third kappa shape index (κ3) is 8.93. The van der Waals surface area contributed by atoms with Crippen LogP contribution in [0.3, 0.4) is 0 Å². The van der Waals surface area contributed by atoms with Crippen LogP contribution in [0, 0.1) is 0 Å². The maximum Gasteiger partial charge on any atom is 0.226 e. The van der Waals surface area contributed by atoms with Crippen LogP contribution >= 0.6 is 0 Å². The molecule has 0 radical (unpaired) electrons. The van der Waals surface area contributed by atoms with E-state index >= 15 is 0 Å². The monoisotopic (exact) mass is 576 g/mol. The summed E-state index contributed by atoms with van der Waals surface area (Å²) < 4.78 is 3.45. The van der Waals surface area contributed by atoms with Crippen molar-refractivity contribution in [3.63, 3.8) is 0 Å². The van der Waals surface area contributed by atoms with Gasteiger partial charge in [-0.2, -0.15) is 9.97 Å². The number of hydrogen-bond donors (Lipinski definition) is 5. The summed E-state index contributed by atoms with van der Waals surface area (Å²) in [6.45, 7) is 5.34. The smallest absolute Gasteiger partial charge is 0.226 e. The van der Waals surface area contributed by atoms with E-state index in [1.54, 1.807) is 9.36 Å². The van der Waals surface area contributed by atoms with Crippen molar-refractivity contribution in [1.82, 2.24) is 44.9 Å². The number of aromatic nitrogens is 8. The van der Waals surface area contributed by atoms with Crippen molar-refractivity contribution in [1.29, 1.82) is 0 Å². The van der Waals surface area contributed by atoms with Crippen LogP contribution in [0.15, 0.2) is 48.8 Å². The standard InChI is InChI=1S/C28H40N12O2/c41-14-4-10-39-20-24(34-36-39)17-29-26-16-27(31-23-8-12-38(13-9-23)19-22-6-2-1-3-7-22)33-28(32-26)30-18-25-21-40(37-35-25)11-5-15-42/h1-3,6-7,16,20-21,23,41-42H,4-5,8-15,17-19H2,(H3,29,30,31,32,33). The molecule has 0 aliphatic carbocycles. The first-order valence-corrected chi connectivity index (χ1v) is 14.6. The Hall–Kier alpha value is -4.14. The average molecular weight is 577 g/mol. The first kappa shape index (κ1) is 29.4. The molecule has 5 N–H and O–H groups in total. The lowest BCUT2D eigenvalue weighted by molar-refractivity contribution is 0.211. The van der Waals surface area contributed by atoms with E-state index in [2.05, 4.69) is 76.8 Å². The summed E-state index contributed by atoms with van der Waals surface area (Å²) in [6, 6.07) is 12.8. The number of hydrogen-bond acceptors (Lipinski definition) is 12. The first-order chi connectivity index (χ1) is 20.7. The molecule has 14 heteroatoms. The van der Waals surface area contributed by atoms with Crippen LogP contribution in [0.25, 0.3) is 0 Å². The molecule has 42 heavy (non-hydrogen) atoms. The molecule has 0 spiro atoms. The lowest BCUT2D eigenvalue weighted by Crippen LogP contribution is -2.38. The summed E-state index contributed by atoms with van der Waals surface area (Å²) in [7, 11) is 0. The second-order valence-corrected chi connectivity index (χ2v) is 10.4. The zero-order chi connectivity index (χ0) is 29.0. The van der Waals surface area contributed by atoms with E-state index in [-0.39, 0.29) is 13.2 Å². The second-order valence-electron chi connectivity index (χ2n) is 10.4. The van der Waals surface area contributed by atoms with Crippen LogP contribution in [0.1, 0.15) is 42.6 Å². The topological polar surface area (TPSA) is 167 Å². The molecule has 0 bridgehead atoms. The van der Waals surface area contributed by atoms with E-state index in [0.717, 1.165) is 49.7 Å². The van der Waals surface area contributed by atoms with Gasteiger partial charge in [-0.05, 0) is 31.2 Å². The quantitative estimate of drug-likeness (QED) is 0.131. The predicted molar refractivity (Wildman–Crippen MR) is 158 cm³/mol. The Bertz CT molecular complexity index is 1290. The number of aliphatic hydroxyl groups is 2. The molecule has 1 aromatic carbocycles. The van der Waals surface area contributed by atoms with E-state index in [1.165, 1.54) is 5.56 Å². The highest BCUT2D eigenvalue weighted by atomic mass is 16.3. The minimum Gasteiger partial charge on any atom is -0.396 e. The summed E-state index contributed by atoms with van der Waals surface area (Å²) in [6.07, 6.45) is 7.03. The molecule has 4 aromatic rings. The number of likely N-dealkylation sites (tertiary alicyclic amines) is 1. The van der Waals surface area contributed by atoms with Gasteiger partial charge in [0.2, 0.25) is 5.95 Å². The maximum atomic E-state index is 9.06. The van der Waals surface area contributed by atoms with E-state index in [4.69, 9.17) is 15.2 Å². The first-order valence-electron chi connectivity index (χ1n) is 14.6. The lowest BCUT2D eigenvalue weighted by atomic mass is 10.0. The normalized spacial score (nSPS) is 14.2. The fraction of sp³-hybridized carbons (Fsp3) is 0.500. The van der Waals surface area contributed by atoms with Crippen LogP contribution < -0.4 is 16.0 Å². The average Bonchev–Trinajstić information content (AvgIpc) is 3.68. The zero-order valence-corrected chi connectivity index (χ0v) is 23.8. The maximum absolute atomic E-state index is 9.06. The van der Waals surface area contributed by atoms with Crippen LogP contribution in [-0.2, 0) is 32.7 Å². The van der Waals surface area contributed by atoms with Crippen molar-refractivity contribution < 1.29 is 10.2 Å². The third-order valence-electron chi connectivity index (χ3n) is 7.06. The summed E-state index contributed by atoms with van der Waals surface area (Å²) in [5, 5.41) is 45.0. The highest BCUT2D eigenvalue weighted by molar-refractivity contribution is 5.52. The van der Waals surface area contributed by atoms with Crippen LogP contribution in [0.5, 0.6) is 0 Å². The largest absolute Gasteiger partial charge is 0.396 e. The Morgan fingerprint density at radius 1 is 0.786 bits per heavy atom. The van der Waals surface area contributed by atoms with Gasteiger partial charge in [-0.1, -0.05) is 40.8 Å². The van der Waals surface area contributed by atoms with E-state index in [9.17, 15) is 0 Å². The fourth-order valence-corrected chi connectivity index (χ4v) is 4.85. The van der Waals surface area contributed by atoms with E-state index < -0.39 is 0 Å². The molecule has 0 saturated carbocycles. The van der Waals surface area contributed by atoms with Crippen molar-refractivity contribution >= 4 is 17.6 Å². The Balaban J connectivity index is 1.21. The van der Waals surface area contributed by atoms with Gasteiger partial charge in [0.1, 0.15) is 23.0 Å². The molecule has 4 heterocycles. The van der Waals surface area contributed by atoms with Crippen LogP contribution in [-0.4, -0.2) is 87.4 Å². The van der Waals surface area contributed by atoms with Crippen LogP contribution in [0.2, 0.25) is 0 Å². The molecule has 0 unspecified atom stereocenters. The van der Waals surface area contributed by atoms with Crippen molar-refractivity contribution in [2.45, 2.75) is 64.4 Å². The van der Waals surface area contributed by atoms with Crippen molar-refractivity contribution in [3.8, 4) is 0 Å². The summed E-state index contributed by atoms with van der Waals surface area (Å²) in [5.74, 6) is 1.88. The number of rotatable bonds is 16. The second kappa shape index (κ2) is 15.2. The highest BCUT2D eigenvalue weighted by Crippen LogP contribution is 2.21. The molecule has 5 rings (SSSR count). The zero-order valence-electron chi connectivity index (χ0n) is 23.8. The molecule has 1 saturated heterocycles. The van der Waals surface area contributed by atoms with Crippen molar-refractivity contribution in [2.75, 3.05) is 42.3 Å². The number of nitrogens with zero attached hydrogens (tertiary/aromatic N) is 9. The Morgan fingerprint density at radius 3 is 2.05 bits per heavy atom. The lowest BCUT2D eigenvalue weighted by Gasteiger charge is -2.32. The highest BCUT2D eigenvalue weighted by Gasteiger charge is 2.20. The van der Waals surface area contributed by atoms with E-state index in [1.807, 2.05) is 18.5 Å². The minimum atomic E-state index is 0.113. The molecule has 224 valence electrons. The van der Waals surface area contributed by atoms with Gasteiger partial charge < -0.3 is 26.2 Å². The third-order valence-corrected chi connectivity index (χ3v) is 7.06. The molecule has 0 atom stereocenters. The summed E-state index contributed by atoms with van der Waals surface area (Å²) in [4.78, 5) is 11.9. The van der Waals surface area contributed by atoms with Gasteiger partial charge in [-0.25, -0.2) is 0 Å². The molecule has 0 amide bonds. The SMILES string of the molecule is OCCCn1cc(CNc2cc(NC3CCN(Cc4ccccc4)CC3)nc(NCc3cn(CCCO)nn3)n2)nn1. The fourth-order valence-electron chi connectivity index (χ4n) is 4.85. The Labute approximate surface area is 245 Å². The number of benzene rings is 1. The summed E-state index contributed by atoms with van der Waals surface area (Å²) in [5.41, 5.74) is 2.88. The number of anilines is 3. The molecule has 1 aliphatic heterocycles. The molecular formula is C28H40N12O2. The van der Waals surface area contributed by atoms with E-state index in [0.29, 0.717) is 56.8 Å². The van der Waals surface area contributed by atoms with Gasteiger partial charge in [0, 0.05) is 58.0 Å². The molecule has 1 fully saturated rings. The Kier molecular flexibility index (Phi) is 10.6. The Morgan fingerprint density at radius 2 is 1.40 bits per heavy atom. The van der Waals surface area contributed by atoms with Gasteiger partial charge in [0.25, 0.3) is 0 Å². The van der Waals surface area contributed by atoms with Gasteiger partial charge in [0.15, 0.2) is 0 Å². The van der Waals surface area contributed by atoms with Crippen molar-refractivity contribution in [2.24, 2.45) is 0 Å². The molecule has 14 nitrogen and oxygen atoms in total. The van der Waals surface area contributed by atoms with Gasteiger partial charge in [0.05, 0.1) is 25.5 Å². The summed E-state index contributed by atoms with van der Waals surface area (Å²) >= 11 is 0. The molecule has 1 aliphatic rings. The number of piperidine rings is 1.